The molecule has 4 aliphatic rings. The molecule has 2 aromatic heterocycles. The quantitative estimate of drug-likeness (QED) is 0.106. The summed E-state index contributed by atoms with van der Waals surface area (Å²) in [7, 11) is -2.32. The molecule has 66 heavy (non-hydrogen) atoms. The molecule has 16 heteroatoms. The van der Waals surface area contributed by atoms with Crippen molar-refractivity contribution in [2.45, 2.75) is 147 Å². The van der Waals surface area contributed by atoms with Crippen LogP contribution in [0.3, 0.4) is 0 Å². The Morgan fingerprint density at radius 2 is 1.82 bits per heavy atom. The highest BCUT2D eigenvalue weighted by Gasteiger charge is 2.62. The summed E-state index contributed by atoms with van der Waals surface area (Å²) in [4.78, 5) is 68.8. The van der Waals surface area contributed by atoms with Crippen molar-refractivity contribution in [1.82, 2.24) is 24.2 Å². The smallest absolute Gasteiger partial charge is 0.307 e. The normalized spacial score (nSPS) is 25.1. The third-order valence-corrected chi connectivity index (χ3v) is 16.7. The van der Waals surface area contributed by atoms with Crippen LogP contribution >= 0.6 is 11.3 Å². The first-order valence-electron chi connectivity index (χ1n) is 23.3. The van der Waals surface area contributed by atoms with E-state index in [4.69, 9.17) is 24.2 Å². The van der Waals surface area contributed by atoms with E-state index in [0.717, 1.165) is 52.4 Å². The molecule has 5 atom stereocenters. The number of imidazole rings is 1. The van der Waals surface area contributed by atoms with Gasteiger partial charge in [-0.15, -0.1) is 11.3 Å². The number of nitrogens with one attached hydrogen (secondary N) is 1. The number of methoxy groups -OCH3 is 1. The molecule has 4 aromatic rings. The molecule has 8 rings (SSSR count). The van der Waals surface area contributed by atoms with Gasteiger partial charge in [0.15, 0.2) is 5.78 Å². The predicted molar refractivity (Wildman–Crippen MR) is 253 cm³/mol. The molecule has 1 N–H and O–H groups in total. The third kappa shape index (κ3) is 10.1. The van der Waals surface area contributed by atoms with Gasteiger partial charge in [0.05, 0.1) is 47.5 Å². The highest BCUT2D eigenvalue weighted by Crippen LogP contribution is 2.58. The van der Waals surface area contributed by atoms with E-state index in [0.29, 0.717) is 50.1 Å². The fraction of sp³-hybridized carbons (Fsp3) is 0.560. The Balaban J connectivity index is 1.10. The van der Waals surface area contributed by atoms with E-state index in [-0.39, 0.29) is 49.5 Å². The lowest BCUT2D eigenvalue weighted by molar-refractivity contribution is -0.159. The lowest BCUT2D eigenvalue weighted by Gasteiger charge is -2.29. The van der Waals surface area contributed by atoms with Crippen LogP contribution in [0.5, 0.6) is 11.8 Å². The first-order valence-corrected chi connectivity index (χ1v) is 25.7. The van der Waals surface area contributed by atoms with Gasteiger partial charge < -0.3 is 19.1 Å². The van der Waals surface area contributed by atoms with Gasteiger partial charge in [-0.2, -0.15) is 4.98 Å². The van der Waals surface area contributed by atoms with Crippen LogP contribution in [-0.4, -0.2) is 87.6 Å². The second-order valence-corrected chi connectivity index (χ2v) is 23.3. The zero-order valence-corrected chi connectivity index (χ0v) is 40.8. The van der Waals surface area contributed by atoms with Crippen LogP contribution in [0, 0.1) is 17.3 Å². The van der Waals surface area contributed by atoms with Crippen molar-refractivity contribution in [3.05, 3.63) is 71.3 Å². The van der Waals surface area contributed by atoms with Crippen molar-refractivity contribution >= 4 is 56.0 Å². The summed E-state index contributed by atoms with van der Waals surface area (Å²) in [5.41, 5.74) is 2.37. The number of hydrogen-bond acceptors (Lipinski definition) is 12. The number of hydrogen-bond donors (Lipinski definition) is 1. The van der Waals surface area contributed by atoms with E-state index in [2.05, 4.69) is 4.72 Å². The van der Waals surface area contributed by atoms with E-state index in [1.807, 2.05) is 78.4 Å². The van der Waals surface area contributed by atoms with Crippen LogP contribution in [0.15, 0.2) is 60.0 Å². The van der Waals surface area contributed by atoms with Gasteiger partial charge in [-0.05, 0) is 116 Å². The summed E-state index contributed by atoms with van der Waals surface area (Å²) in [5, 5.41) is 2.86. The van der Waals surface area contributed by atoms with Gasteiger partial charge in [-0.1, -0.05) is 43.2 Å². The minimum absolute atomic E-state index is 0.0452. The number of esters is 1. The summed E-state index contributed by atoms with van der Waals surface area (Å²) in [5.74, 6) is -2.16. The number of carbonyl (C=O) groups is 4. The number of carbonyl (C=O) groups excluding carboxylic acids is 4. The van der Waals surface area contributed by atoms with Crippen LogP contribution in [0.25, 0.3) is 21.6 Å². The van der Waals surface area contributed by atoms with Crippen molar-refractivity contribution in [2.75, 3.05) is 13.7 Å². The molecule has 2 amide bonds. The van der Waals surface area contributed by atoms with Gasteiger partial charge >= 0.3 is 5.97 Å². The molecule has 2 aliphatic carbocycles. The predicted octanol–water partition coefficient (Wildman–Crippen LogP) is 8.52. The van der Waals surface area contributed by atoms with Crippen LogP contribution in [0.2, 0.25) is 0 Å². The molecule has 2 saturated carbocycles. The summed E-state index contributed by atoms with van der Waals surface area (Å²) < 4.78 is 48.0. The van der Waals surface area contributed by atoms with E-state index in [1.54, 1.807) is 34.8 Å². The summed E-state index contributed by atoms with van der Waals surface area (Å²) >= 11 is 1.54. The summed E-state index contributed by atoms with van der Waals surface area (Å²) in [6.45, 7) is 11.1. The third-order valence-electron chi connectivity index (χ3n) is 13.6. The van der Waals surface area contributed by atoms with Gasteiger partial charge in [-0.3, -0.25) is 28.5 Å². The molecule has 0 spiro atoms. The highest BCUT2D eigenvalue weighted by molar-refractivity contribution is 7.91. The molecule has 1 saturated heterocycles. The van der Waals surface area contributed by atoms with Crippen molar-refractivity contribution in [3.63, 3.8) is 0 Å². The number of fused-ring (bicyclic) bond motifs is 3. The number of rotatable bonds is 12. The van der Waals surface area contributed by atoms with E-state index in [9.17, 15) is 27.6 Å². The first-order chi connectivity index (χ1) is 31.3. The zero-order valence-electron chi connectivity index (χ0n) is 39.1. The molecule has 2 aromatic carbocycles. The number of benzene rings is 2. The van der Waals surface area contributed by atoms with Crippen LogP contribution < -0.4 is 14.2 Å². The maximum Gasteiger partial charge on any atom is 0.307 e. The van der Waals surface area contributed by atoms with Gasteiger partial charge in [0.25, 0.3) is 6.01 Å². The first kappa shape index (κ1) is 47.4. The Kier molecular flexibility index (Phi) is 13.3. The lowest BCUT2D eigenvalue weighted by atomic mass is 9.90. The van der Waals surface area contributed by atoms with Gasteiger partial charge in [-0.25, -0.2) is 13.4 Å². The maximum atomic E-state index is 14.9. The Hall–Kier alpha value is -5.09. The Morgan fingerprint density at radius 1 is 1.05 bits per heavy atom. The largest absolute Gasteiger partial charge is 0.497 e. The second-order valence-electron chi connectivity index (χ2n) is 20.2. The molecule has 0 bridgehead atoms. The minimum Gasteiger partial charge on any atom is -0.497 e. The minimum atomic E-state index is -3.97. The molecule has 2 aliphatic heterocycles. The van der Waals surface area contributed by atoms with Gasteiger partial charge in [0, 0.05) is 42.2 Å². The number of amides is 2. The molecule has 354 valence electrons. The zero-order chi connectivity index (χ0) is 47.2. The number of sulfonamides is 1. The number of para-hydroxylation sites is 1. The number of thiazole rings is 1. The second kappa shape index (κ2) is 18.5. The molecule has 0 radical (unpaired) electrons. The Labute approximate surface area is 391 Å². The van der Waals surface area contributed by atoms with Crippen LogP contribution in [0.4, 0.5) is 0 Å². The number of nitrogens with zero attached hydrogens (tertiary/aromatic N) is 4. The number of ether oxygens (including phenoxy) is 3. The Bertz CT molecular complexity index is 2640. The molecule has 3 fully saturated rings. The average molecular weight is 942 g/mol. The van der Waals surface area contributed by atoms with E-state index >= 15 is 0 Å². The lowest BCUT2D eigenvalue weighted by Crippen LogP contribution is -2.47. The maximum absolute atomic E-state index is 14.9. The van der Waals surface area contributed by atoms with Crippen LogP contribution in [-0.2, 0) is 40.4 Å². The number of aromatic nitrogens is 3. The SMILES string of the molecule is COc1cccc(Cc2csc(-c3cccc4c3nc(O[C@@H]3C[C@H]5C(=O)C[C@]6(C(=O)NS(=O)(=O)C7(C)CC7)C[C@H]6/C=C\CCCCC[C@H](CC(=O)OC(C)(C)C)C(=O)N5C3)n4C(C)C)n2)c1. The van der Waals surface area contributed by atoms with Gasteiger partial charge in [0.2, 0.25) is 21.8 Å². The average Bonchev–Trinajstić information content (AvgIpc) is 3.94. The van der Waals surface area contributed by atoms with E-state index in [1.165, 1.54) is 16.2 Å². The molecular weight excluding hydrogens is 879 g/mol. The highest BCUT2D eigenvalue weighted by atomic mass is 32.2. The van der Waals surface area contributed by atoms with E-state index < -0.39 is 55.7 Å². The van der Waals surface area contributed by atoms with Crippen LogP contribution in [0.1, 0.15) is 129 Å². The molecule has 0 unspecified atom stereocenters. The number of Topliss-reactive ketones (excluding diaryl/α,β-unsaturated/α-hetero) is 1. The number of ketones is 1. The number of allylic oxidation sites excluding steroid dienone is 2. The van der Waals surface area contributed by atoms with Crippen molar-refractivity contribution < 1.29 is 41.8 Å². The molecule has 14 nitrogen and oxygen atoms in total. The fourth-order valence-electron chi connectivity index (χ4n) is 9.51. The monoisotopic (exact) mass is 941 g/mol. The molecular formula is C50H63N5O9S2. The molecule has 4 heterocycles. The van der Waals surface area contributed by atoms with Crippen molar-refractivity contribution in [3.8, 4) is 22.3 Å². The fourth-order valence-corrected chi connectivity index (χ4v) is 11.7. The summed E-state index contributed by atoms with van der Waals surface area (Å²) in [6.07, 6.45) is 8.36. The Morgan fingerprint density at radius 3 is 2.55 bits per heavy atom. The van der Waals surface area contributed by atoms with Gasteiger partial charge in [0.1, 0.15) is 28.0 Å². The standard InChI is InChI=1S/C50H63N5O9S2/c1-31(2)55-39-20-14-19-38(44-51-35(30-65-44)23-32-15-13-18-36(24-32)62-7)43(39)52-47(55)63-37-26-40-41(56)28-50(46(59)53-66(60,61)49(6)21-22-49)27-34(50)17-12-10-8-9-11-16-33(45(58)54(40)29-37)25-42(57)64-48(3,4)5/h12-15,17-20,24,30-31,33-34,37,40H,8-11,16,21-23,25-29H2,1-7H3,(H,53,59)/b17-12-/t33-,34-,37-,40+,50-/m1/s1. The summed E-state index contributed by atoms with van der Waals surface area (Å²) in [6, 6.07) is 13.1. The van der Waals surface area contributed by atoms with Crippen molar-refractivity contribution in [2.24, 2.45) is 17.3 Å². The van der Waals surface area contributed by atoms with Crippen molar-refractivity contribution in [1.29, 1.82) is 0 Å². The topological polar surface area (TPSA) is 176 Å².